The summed E-state index contributed by atoms with van der Waals surface area (Å²) >= 11 is 6.18. The first-order chi connectivity index (χ1) is 10.7. The molecule has 114 valence electrons. The van der Waals surface area contributed by atoms with Gasteiger partial charge >= 0.3 is 0 Å². The topological polar surface area (TPSA) is 58.1 Å². The molecule has 2 aromatic heterocycles. The van der Waals surface area contributed by atoms with Crippen LogP contribution in [0, 0.1) is 0 Å². The van der Waals surface area contributed by atoms with Gasteiger partial charge < -0.3 is 10.2 Å². The van der Waals surface area contributed by atoms with Crippen LogP contribution in [0.15, 0.2) is 43.0 Å². The molecule has 1 aliphatic heterocycles. The zero-order valence-electron chi connectivity index (χ0n) is 12.1. The number of nitrogens with zero attached hydrogens (tertiary/aromatic N) is 3. The molecule has 0 aliphatic carbocycles. The van der Waals surface area contributed by atoms with Gasteiger partial charge in [-0.05, 0) is 31.0 Å². The number of pyridine rings is 2. The number of piperidine rings is 1. The van der Waals surface area contributed by atoms with Crippen molar-refractivity contribution in [2.75, 3.05) is 18.0 Å². The fourth-order valence-corrected chi connectivity index (χ4v) is 2.90. The van der Waals surface area contributed by atoms with Crippen LogP contribution in [0.1, 0.15) is 23.2 Å². The molecule has 3 rings (SSSR count). The van der Waals surface area contributed by atoms with Crippen LogP contribution >= 0.6 is 11.6 Å². The number of aromatic nitrogens is 2. The fraction of sp³-hybridized carbons (Fsp3) is 0.312. The van der Waals surface area contributed by atoms with Crippen LogP contribution in [0.5, 0.6) is 0 Å². The Morgan fingerprint density at radius 3 is 2.50 bits per heavy atom. The van der Waals surface area contributed by atoms with Gasteiger partial charge in [0.25, 0.3) is 5.91 Å². The minimum absolute atomic E-state index is 0.0391. The number of carbonyl (C=O) groups is 1. The molecule has 0 saturated carbocycles. The molecule has 1 aliphatic rings. The molecular weight excluding hydrogens is 300 g/mol. The maximum Gasteiger partial charge on any atom is 0.251 e. The van der Waals surface area contributed by atoms with Gasteiger partial charge in [0.05, 0.1) is 10.7 Å². The molecular formula is C16H17ClN4O. The second-order valence-electron chi connectivity index (χ2n) is 5.30. The summed E-state index contributed by atoms with van der Waals surface area (Å²) in [4.78, 5) is 22.3. The van der Waals surface area contributed by atoms with Gasteiger partial charge in [-0.1, -0.05) is 11.6 Å². The number of rotatable bonds is 3. The lowest BCUT2D eigenvalue weighted by atomic mass is 10.0. The average molecular weight is 317 g/mol. The van der Waals surface area contributed by atoms with Gasteiger partial charge in [-0.15, -0.1) is 0 Å². The van der Waals surface area contributed by atoms with Crippen molar-refractivity contribution in [1.82, 2.24) is 15.3 Å². The Bertz CT molecular complexity index is 642. The van der Waals surface area contributed by atoms with Gasteiger partial charge in [-0.2, -0.15) is 0 Å². The van der Waals surface area contributed by atoms with Crippen molar-refractivity contribution in [3.63, 3.8) is 0 Å². The van der Waals surface area contributed by atoms with E-state index in [1.807, 2.05) is 6.07 Å². The lowest BCUT2D eigenvalue weighted by molar-refractivity contribution is 0.0931. The van der Waals surface area contributed by atoms with E-state index in [-0.39, 0.29) is 11.9 Å². The fourth-order valence-electron chi connectivity index (χ4n) is 2.66. The zero-order valence-corrected chi connectivity index (χ0v) is 12.8. The van der Waals surface area contributed by atoms with Crippen molar-refractivity contribution in [2.45, 2.75) is 18.9 Å². The minimum Gasteiger partial charge on any atom is -0.370 e. The van der Waals surface area contributed by atoms with Gasteiger partial charge in [0.15, 0.2) is 0 Å². The molecule has 1 fully saturated rings. The first kappa shape index (κ1) is 14.8. The van der Waals surface area contributed by atoms with Crippen LogP contribution in [0.3, 0.4) is 0 Å². The first-order valence-corrected chi connectivity index (χ1v) is 7.67. The third kappa shape index (κ3) is 3.36. The summed E-state index contributed by atoms with van der Waals surface area (Å²) in [5.74, 6) is -0.0391. The molecule has 3 heterocycles. The predicted molar refractivity (Wildman–Crippen MR) is 86.2 cm³/mol. The number of hydrogen-bond donors (Lipinski definition) is 1. The third-order valence-electron chi connectivity index (χ3n) is 3.86. The van der Waals surface area contributed by atoms with Crippen molar-refractivity contribution < 1.29 is 4.79 Å². The van der Waals surface area contributed by atoms with Crippen LogP contribution in [-0.4, -0.2) is 35.0 Å². The van der Waals surface area contributed by atoms with Crippen LogP contribution in [0.2, 0.25) is 5.02 Å². The number of nitrogens with one attached hydrogen (secondary N) is 1. The highest BCUT2D eigenvalue weighted by atomic mass is 35.5. The van der Waals surface area contributed by atoms with Crippen LogP contribution in [0.4, 0.5) is 5.69 Å². The normalized spacial score (nSPS) is 15.6. The van der Waals surface area contributed by atoms with E-state index in [1.165, 1.54) is 0 Å². The molecule has 0 aromatic carbocycles. The van der Waals surface area contributed by atoms with Gasteiger partial charge in [0.2, 0.25) is 0 Å². The zero-order chi connectivity index (χ0) is 15.4. The molecule has 0 atom stereocenters. The third-order valence-corrected chi connectivity index (χ3v) is 4.16. The van der Waals surface area contributed by atoms with Gasteiger partial charge in [-0.25, -0.2) is 0 Å². The molecule has 0 unspecified atom stereocenters. The summed E-state index contributed by atoms with van der Waals surface area (Å²) < 4.78 is 0. The van der Waals surface area contributed by atoms with Crippen molar-refractivity contribution >= 4 is 23.2 Å². The Balaban J connectivity index is 1.56. The number of carbonyl (C=O) groups excluding carboxylic acids is 1. The molecule has 22 heavy (non-hydrogen) atoms. The number of halogens is 1. The van der Waals surface area contributed by atoms with Gasteiger partial charge in [0, 0.05) is 49.5 Å². The highest BCUT2D eigenvalue weighted by molar-refractivity contribution is 6.33. The molecule has 1 amide bonds. The van der Waals surface area contributed by atoms with Crippen molar-refractivity contribution in [3.8, 4) is 0 Å². The van der Waals surface area contributed by atoms with Gasteiger partial charge in [-0.3, -0.25) is 14.8 Å². The quantitative estimate of drug-likeness (QED) is 0.945. The van der Waals surface area contributed by atoms with E-state index in [2.05, 4.69) is 20.2 Å². The van der Waals surface area contributed by atoms with E-state index in [9.17, 15) is 4.79 Å². The molecule has 0 bridgehead atoms. The summed E-state index contributed by atoms with van der Waals surface area (Å²) in [6, 6.07) is 5.57. The summed E-state index contributed by atoms with van der Waals surface area (Å²) in [6.45, 7) is 1.73. The summed E-state index contributed by atoms with van der Waals surface area (Å²) in [5, 5.41) is 3.75. The smallest absolute Gasteiger partial charge is 0.251 e. The Morgan fingerprint density at radius 2 is 1.82 bits per heavy atom. The Morgan fingerprint density at radius 1 is 1.14 bits per heavy atom. The molecule has 5 nitrogen and oxygen atoms in total. The van der Waals surface area contributed by atoms with Gasteiger partial charge in [0.1, 0.15) is 0 Å². The van der Waals surface area contributed by atoms with Crippen LogP contribution in [-0.2, 0) is 0 Å². The number of hydrogen-bond acceptors (Lipinski definition) is 4. The number of amides is 1. The lowest BCUT2D eigenvalue weighted by Crippen LogP contribution is -2.44. The second-order valence-corrected chi connectivity index (χ2v) is 5.70. The summed E-state index contributed by atoms with van der Waals surface area (Å²) in [7, 11) is 0. The van der Waals surface area contributed by atoms with E-state index in [4.69, 9.17) is 11.6 Å². The lowest BCUT2D eigenvalue weighted by Gasteiger charge is -2.34. The Labute approximate surface area is 134 Å². The Kier molecular flexibility index (Phi) is 4.53. The van der Waals surface area contributed by atoms with E-state index in [0.717, 1.165) is 31.6 Å². The maximum atomic E-state index is 12.1. The monoisotopic (exact) mass is 316 g/mol. The first-order valence-electron chi connectivity index (χ1n) is 7.29. The molecule has 6 heteroatoms. The molecule has 1 saturated heterocycles. The number of anilines is 1. The minimum atomic E-state index is -0.0391. The van der Waals surface area contributed by atoms with Crippen molar-refractivity contribution in [3.05, 3.63) is 53.6 Å². The Hall–Kier alpha value is -2.14. The van der Waals surface area contributed by atoms with Crippen LogP contribution in [0.25, 0.3) is 0 Å². The molecule has 2 aromatic rings. The van der Waals surface area contributed by atoms with E-state index < -0.39 is 0 Å². The average Bonchev–Trinajstić information content (AvgIpc) is 2.57. The predicted octanol–water partition coefficient (Wildman–Crippen LogP) is 2.53. The molecule has 1 N–H and O–H groups in total. The van der Waals surface area contributed by atoms with E-state index in [1.54, 1.807) is 36.9 Å². The summed E-state index contributed by atoms with van der Waals surface area (Å²) in [6.07, 6.45) is 8.46. The SMILES string of the molecule is O=C(NC1CCN(c2ccncc2Cl)CC1)c1ccncc1. The largest absolute Gasteiger partial charge is 0.370 e. The highest BCUT2D eigenvalue weighted by Gasteiger charge is 2.22. The van der Waals surface area contributed by atoms with E-state index >= 15 is 0 Å². The maximum absolute atomic E-state index is 12.1. The highest BCUT2D eigenvalue weighted by Crippen LogP contribution is 2.27. The van der Waals surface area contributed by atoms with E-state index in [0.29, 0.717) is 10.6 Å². The standard InChI is InChI=1S/C16H17ClN4O/c17-14-11-19-8-3-15(14)21-9-4-13(5-10-21)20-16(22)12-1-6-18-7-2-12/h1-3,6-8,11,13H,4-5,9-10H2,(H,20,22). The molecule has 0 radical (unpaired) electrons. The van der Waals surface area contributed by atoms with Crippen molar-refractivity contribution in [1.29, 1.82) is 0 Å². The second kappa shape index (κ2) is 6.75. The summed E-state index contributed by atoms with van der Waals surface area (Å²) in [5.41, 5.74) is 1.66. The van der Waals surface area contributed by atoms with Crippen LogP contribution < -0.4 is 10.2 Å². The molecule has 0 spiro atoms. The van der Waals surface area contributed by atoms with Crippen molar-refractivity contribution in [2.24, 2.45) is 0 Å².